The topological polar surface area (TPSA) is 163 Å². The first-order valence-electron chi connectivity index (χ1n) is 7.37. The second kappa shape index (κ2) is 5.70. The summed E-state index contributed by atoms with van der Waals surface area (Å²) in [6.07, 6.45) is -0.661. The number of hydrogen-bond acceptors (Lipinski definition) is 9. The molecule has 3 heterocycles. The molecule has 3 aliphatic heterocycles. The summed E-state index contributed by atoms with van der Waals surface area (Å²) < 4.78 is 5.74. The van der Waals surface area contributed by atoms with Crippen LogP contribution in [0, 0.1) is 5.41 Å². The number of rotatable bonds is 5. The molecule has 24 heavy (non-hydrogen) atoms. The number of aliphatic hydroxyl groups is 3. The van der Waals surface area contributed by atoms with E-state index in [1.54, 1.807) is 6.92 Å². The van der Waals surface area contributed by atoms with Gasteiger partial charge in [0.15, 0.2) is 17.4 Å². The van der Waals surface area contributed by atoms with Crippen molar-refractivity contribution in [2.75, 3.05) is 6.61 Å². The Morgan fingerprint density at radius 2 is 2.29 bits per heavy atom. The maximum atomic E-state index is 11.0. The molecule has 0 aromatic heterocycles. The van der Waals surface area contributed by atoms with Crippen LogP contribution in [-0.4, -0.2) is 87.3 Å². The van der Waals surface area contributed by atoms with Gasteiger partial charge >= 0.3 is 0 Å². The molecule has 0 radical (unpaired) electrons. The quantitative estimate of drug-likeness (QED) is 0.345. The van der Waals surface area contributed by atoms with E-state index in [0.29, 0.717) is 6.41 Å². The molecule has 11 nitrogen and oxygen atoms in total. The monoisotopic (exact) mass is 338 g/mol. The number of amides is 1. The van der Waals surface area contributed by atoms with Crippen molar-refractivity contribution in [3.8, 4) is 0 Å². The molecule has 0 saturated carbocycles. The fraction of sp³-hybridized carbons (Fsp3) is 0.615. The molecule has 0 aromatic carbocycles. The van der Waals surface area contributed by atoms with E-state index in [1.807, 2.05) is 0 Å². The number of aliphatic imine (C=N–C) groups is 3. The van der Waals surface area contributed by atoms with Crippen molar-refractivity contribution in [2.45, 2.75) is 43.0 Å². The standard InChI is InChI=1S/C13H18N6O5/c1-2-12(9(23)8(22)7(3-20)24-12)19-5-17-13(18-6-21)10(14)15-4-16-11(13)19/h4-9,14,20,22-23H,2-3H2,1H3,(H,18,21)/t7-,8-,9-,12-,13?/m1/s1. The van der Waals surface area contributed by atoms with Crippen LogP contribution in [-0.2, 0) is 9.53 Å². The Morgan fingerprint density at radius 1 is 1.54 bits per heavy atom. The number of nitrogens with one attached hydrogen (secondary N) is 2. The molecule has 0 aromatic rings. The van der Waals surface area contributed by atoms with Crippen LogP contribution in [0.3, 0.4) is 0 Å². The van der Waals surface area contributed by atoms with Gasteiger partial charge in [-0.3, -0.25) is 15.1 Å². The molecule has 130 valence electrons. The summed E-state index contributed by atoms with van der Waals surface area (Å²) in [7, 11) is 0. The minimum Gasteiger partial charge on any atom is -0.394 e. The van der Waals surface area contributed by atoms with Gasteiger partial charge in [0.2, 0.25) is 6.41 Å². The van der Waals surface area contributed by atoms with E-state index in [1.165, 1.54) is 11.2 Å². The van der Waals surface area contributed by atoms with Crippen LogP contribution in [0.1, 0.15) is 13.3 Å². The third-order valence-electron chi connectivity index (χ3n) is 4.51. The summed E-state index contributed by atoms with van der Waals surface area (Å²) in [5.74, 6) is -0.141. The molecule has 5 N–H and O–H groups in total. The highest BCUT2D eigenvalue weighted by atomic mass is 16.6. The maximum absolute atomic E-state index is 11.0. The minimum absolute atomic E-state index is 0.112. The van der Waals surface area contributed by atoms with Crippen molar-refractivity contribution in [3.63, 3.8) is 0 Å². The number of carbonyl (C=O) groups excluding carboxylic acids is 1. The Labute approximate surface area is 136 Å². The molecule has 3 rings (SSSR count). The van der Waals surface area contributed by atoms with Crippen LogP contribution >= 0.6 is 0 Å². The van der Waals surface area contributed by atoms with Crippen LogP contribution in [0.2, 0.25) is 0 Å². The molecule has 11 heteroatoms. The van der Waals surface area contributed by atoms with E-state index in [9.17, 15) is 20.1 Å². The van der Waals surface area contributed by atoms with E-state index in [-0.39, 0.29) is 18.1 Å². The van der Waals surface area contributed by atoms with E-state index in [4.69, 9.17) is 10.1 Å². The highest BCUT2D eigenvalue weighted by Crippen LogP contribution is 2.40. The van der Waals surface area contributed by atoms with Gasteiger partial charge in [-0.1, -0.05) is 6.92 Å². The van der Waals surface area contributed by atoms with Gasteiger partial charge < -0.3 is 25.4 Å². The van der Waals surface area contributed by atoms with Gasteiger partial charge in [0.1, 0.15) is 24.7 Å². The Balaban J connectivity index is 2.05. The summed E-state index contributed by atoms with van der Waals surface area (Å²) in [6.45, 7) is 1.24. The Hall–Kier alpha value is -2.21. The van der Waals surface area contributed by atoms with Crippen LogP contribution in [0.15, 0.2) is 15.0 Å². The number of nitrogens with zero attached hydrogens (tertiary/aromatic N) is 4. The summed E-state index contributed by atoms with van der Waals surface area (Å²) in [5.41, 5.74) is -3.06. The smallest absolute Gasteiger partial charge is 0.252 e. The maximum Gasteiger partial charge on any atom is 0.252 e. The second-order valence-electron chi connectivity index (χ2n) is 5.61. The number of carbonyl (C=O) groups is 1. The average Bonchev–Trinajstić information content (AvgIpc) is 3.08. The largest absolute Gasteiger partial charge is 0.394 e. The molecule has 3 aliphatic rings. The zero-order valence-electron chi connectivity index (χ0n) is 12.8. The van der Waals surface area contributed by atoms with Gasteiger partial charge in [-0.25, -0.2) is 15.0 Å². The normalized spacial score (nSPS) is 40.7. The predicted octanol–water partition coefficient (Wildman–Crippen LogP) is -2.59. The first kappa shape index (κ1) is 16.6. The average molecular weight is 338 g/mol. The molecule has 0 spiro atoms. The molecule has 0 aliphatic carbocycles. The lowest BCUT2D eigenvalue weighted by Crippen LogP contribution is -2.64. The first-order valence-corrected chi connectivity index (χ1v) is 7.37. The van der Waals surface area contributed by atoms with E-state index < -0.39 is 36.3 Å². The molecule has 1 unspecified atom stereocenters. The molecule has 1 fully saturated rings. The zero-order chi connectivity index (χ0) is 17.5. The van der Waals surface area contributed by atoms with Gasteiger partial charge in [0.05, 0.1) is 12.9 Å². The fourth-order valence-electron chi connectivity index (χ4n) is 3.20. The van der Waals surface area contributed by atoms with Crippen LogP contribution in [0.4, 0.5) is 0 Å². The lowest BCUT2D eigenvalue weighted by molar-refractivity contribution is -0.142. The molecule has 0 bridgehead atoms. The van der Waals surface area contributed by atoms with Crippen molar-refractivity contribution in [1.29, 1.82) is 5.41 Å². The summed E-state index contributed by atoms with van der Waals surface area (Å²) in [6, 6.07) is 0. The Bertz CT molecular complexity index is 651. The number of aliphatic hydroxyl groups excluding tert-OH is 3. The fourth-order valence-corrected chi connectivity index (χ4v) is 3.20. The Morgan fingerprint density at radius 3 is 2.88 bits per heavy atom. The highest BCUT2D eigenvalue weighted by molar-refractivity contribution is 6.24. The van der Waals surface area contributed by atoms with E-state index >= 15 is 0 Å². The van der Waals surface area contributed by atoms with Crippen molar-refractivity contribution in [3.05, 3.63) is 0 Å². The zero-order valence-corrected chi connectivity index (χ0v) is 12.8. The molecule has 1 amide bonds. The minimum atomic E-state index is -1.61. The Kier molecular flexibility index (Phi) is 3.95. The van der Waals surface area contributed by atoms with E-state index in [2.05, 4.69) is 20.3 Å². The lowest BCUT2D eigenvalue weighted by atomic mass is 9.97. The number of ether oxygens (including phenoxy) is 1. The van der Waals surface area contributed by atoms with Crippen LogP contribution < -0.4 is 5.32 Å². The van der Waals surface area contributed by atoms with Gasteiger partial charge in [0, 0.05) is 0 Å². The third-order valence-corrected chi connectivity index (χ3v) is 4.51. The third kappa shape index (κ3) is 1.95. The predicted molar refractivity (Wildman–Crippen MR) is 82.9 cm³/mol. The molecular formula is C13H18N6O5. The SMILES string of the molecule is CC[C@@]1(N2C=NC3(NC=O)C(=N)N=CN=C23)O[C@H](CO)[C@@H](O)[C@H]1O. The molecule has 5 atom stereocenters. The van der Waals surface area contributed by atoms with Crippen molar-refractivity contribution < 1.29 is 24.9 Å². The number of fused-ring (bicyclic) bond motifs is 1. The number of amidine groups is 2. The second-order valence-corrected chi connectivity index (χ2v) is 5.61. The van der Waals surface area contributed by atoms with Gasteiger partial charge in [-0.15, -0.1) is 0 Å². The van der Waals surface area contributed by atoms with Crippen molar-refractivity contribution in [1.82, 2.24) is 10.2 Å². The van der Waals surface area contributed by atoms with Gasteiger partial charge in [-0.05, 0) is 6.42 Å². The molecule has 1 saturated heterocycles. The highest BCUT2D eigenvalue weighted by Gasteiger charge is 2.61. The number of hydrogen-bond donors (Lipinski definition) is 5. The van der Waals surface area contributed by atoms with Gasteiger partial charge in [-0.2, -0.15) is 0 Å². The van der Waals surface area contributed by atoms with Crippen molar-refractivity contribution >= 4 is 30.8 Å². The summed E-state index contributed by atoms with van der Waals surface area (Å²) >= 11 is 0. The lowest BCUT2D eigenvalue weighted by Gasteiger charge is -2.41. The molecular weight excluding hydrogens is 320 g/mol. The van der Waals surface area contributed by atoms with Crippen molar-refractivity contribution in [2.24, 2.45) is 15.0 Å². The van der Waals surface area contributed by atoms with Crippen LogP contribution in [0.5, 0.6) is 0 Å². The van der Waals surface area contributed by atoms with Crippen LogP contribution in [0.25, 0.3) is 0 Å². The van der Waals surface area contributed by atoms with E-state index in [0.717, 1.165) is 6.34 Å². The first-order chi connectivity index (χ1) is 11.5. The van der Waals surface area contributed by atoms with Gasteiger partial charge in [0.25, 0.3) is 5.66 Å². The summed E-state index contributed by atoms with van der Waals surface area (Å²) in [5, 5.41) is 40.4. The summed E-state index contributed by atoms with van der Waals surface area (Å²) in [4.78, 5) is 24.3.